The summed E-state index contributed by atoms with van der Waals surface area (Å²) in [7, 11) is 0. The molecule has 0 unspecified atom stereocenters. The van der Waals surface area contributed by atoms with Gasteiger partial charge in [-0.3, -0.25) is 4.98 Å². The fourth-order valence-electron chi connectivity index (χ4n) is 4.43. The highest BCUT2D eigenvalue weighted by molar-refractivity contribution is 6.02. The predicted molar refractivity (Wildman–Crippen MR) is 139 cm³/mol. The Morgan fingerprint density at radius 2 is 1.62 bits per heavy atom. The first-order chi connectivity index (χ1) is 16.8. The molecule has 2 aromatic heterocycles. The highest BCUT2D eigenvalue weighted by Gasteiger charge is 2.20. The molecule has 0 fully saturated rings. The summed E-state index contributed by atoms with van der Waals surface area (Å²) < 4.78 is 0. The van der Waals surface area contributed by atoms with Gasteiger partial charge >= 0.3 is 0 Å². The summed E-state index contributed by atoms with van der Waals surface area (Å²) in [6.45, 7) is 0.518. The molecule has 34 heavy (non-hydrogen) atoms. The van der Waals surface area contributed by atoms with Gasteiger partial charge in [0.2, 0.25) is 0 Å². The maximum absolute atomic E-state index is 5.82. The fraction of sp³-hybridized carbons (Fsp3) is 0.0333. The molecule has 0 saturated heterocycles. The number of rotatable bonds is 4. The third-order valence-corrected chi connectivity index (χ3v) is 6.15. The van der Waals surface area contributed by atoms with Crippen molar-refractivity contribution in [2.75, 3.05) is 0 Å². The molecule has 0 aliphatic carbocycles. The van der Waals surface area contributed by atoms with Crippen LogP contribution in [0, 0.1) is 0 Å². The molecule has 6 rings (SSSR count). The Labute approximate surface area is 198 Å². The van der Waals surface area contributed by atoms with E-state index in [1.807, 2.05) is 36.5 Å². The van der Waals surface area contributed by atoms with Gasteiger partial charge < -0.3 is 5.73 Å². The van der Waals surface area contributed by atoms with Gasteiger partial charge in [0.25, 0.3) is 0 Å². The van der Waals surface area contributed by atoms with Crippen LogP contribution in [0.5, 0.6) is 0 Å². The summed E-state index contributed by atoms with van der Waals surface area (Å²) in [5.74, 6) is 0. The van der Waals surface area contributed by atoms with Crippen LogP contribution in [-0.4, -0.2) is 16.2 Å². The van der Waals surface area contributed by atoms with Crippen LogP contribution >= 0.6 is 0 Å². The second-order valence-corrected chi connectivity index (χ2v) is 8.20. The Hall–Kier alpha value is -4.50. The zero-order valence-electron chi connectivity index (χ0n) is 18.4. The Bertz CT molecular complexity index is 1570. The molecule has 0 spiro atoms. The Morgan fingerprint density at radius 1 is 0.765 bits per heavy atom. The SMILES string of the molecule is NCc1ccc(-c2nc3ccnc(-c4cccc5c4C=CN=[C+]5)c3cc2-c2ccccc2)cc1. The quantitative estimate of drug-likeness (QED) is 0.332. The van der Waals surface area contributed by atoms with Crippen molar-refractivity contribution in [2.24, 2.45) is 10.7 Å². The normalized spacial score (nSPS) is 11.9. The van der Waals surface area contributed by atoms with Gasteiger partial charge in [-0.15, -0.1) is 4.99 Å². The topological polar surface area (TPSA) is 64.2 Å². The van der Waals surface area contributed by atoms with Crippen molar-refractivity contribution in [1.29, 1.82) is 0 Å². The molecule has 0 bridgehead atoms. The van der Waals surface area contributed by atoms with Crippen LogP contribution in [0.1, 0.15) is 16.7 Å². The lowest BCUT2D eigenvalue weighted by atomic mass is 9.93. The van der Waals surface area contributed by atoms with E-state index in [9.17, 15) is 0 Å². The first kappa shape index (κ1) is 20.1. The van der Waals surface area contributed by atoms with E-state index >= 15 is 0 Å². The van der Waals surface area contributed by atoms with Gasteiger partial charge in [0, 0.05) is 35.3 Å². The van der Waals surface area contributed by atoms with Crippen LogP contribution in [0.4, 0.5) is 0 Å². The third kappa shape index (κ3) is 3.48. The van der Waals surface area contributed by atoms with Crippen LogP contribution in [0.2, 0.25) is 0 Å². The lowest BCUT2D eigenvalue weighted by Crippen LogP contribution is -1.98. The fourth-order valence-corrected chi connectivity index (χ4v) is 4.43. The largest absolute Gasteiger partial charge is 0.326 e. The van der Waals surface area contributed by atoms with E-state index in [0.29, 0.717) is 6.54 Å². The monoisotopic (exact) mass is 437 g/mol. The zero-order chi connectivity index (χ0) is 22.9. The molecule has 3 aromatic carbocycles. The minimum Gasteiger partial charge on any atom is -0.326 e. The van der Waals surface area contributed by atoms with Crippen LogP contribution in [0.15, 0.2) is 102 Å². The molecule has 0 radical (unpaired) electrons. The number of hydrogen-bond acceptors (Lipinski definition) is 4. The van der Waals surface area contributed by atoms with Crippen molar-refractivity contribution in [3.8, 4) is 33.6 Å². The molecule has 5 aromatic rings. The third-order valence-electron chi connectivity index (χ3n) is 6.15. The summed E-state index contributed by atoms with van der Waals surface area (Å²) in [5.41, 5.74) is 16.0. The molecule has 1 aliphatic rings. The van der Waals surface area contributed by atoms with Crippen molar-refractivity contribution in [2.45, 2.75) is 6.54 Å². The van der Waals surface area contributed by atoms with Crippen LogP contribution in [0.3, 0.4) is 0 Å². The minimum absolute atomic E-state index is 0.518. The van der Waals surface area contributed by atoms with Crippen molar-refractivity contribution < 1.29 is 0 Å². The van der Waals surface area contributed by atoms with Gasteiger partial charge in [0.15, 0.2) is 5.56 Å². The number of fused-ring (bicyclic) bond motifs is 2. The molecule has 160 valence electrons. The number of aromatic nitrogens is 2. The average Bonchev–Trinajstić information content (AvgIpc) is 2.92. The second-order valence-electron chi connectivity index (χ2n) is 8.20. The molecular formula is C30H21N4+. The number of hydrogen-bond donors (Lipinski definition) is 1. The standard InChI is InChI=1S/C30H21N4/c31-18-20-9-11-22(12-10-20)29-26(21-5-2-1-3-6-21)17-27-28(34-29)14-16-33-30(27)25-8-4-7-23-19-32-15-13-24(23)25/h1-17H,18,31H2/q+1. The number of nitrogens with two attached hydrogens (primary N) is 1. The van der Waals surface area contributed by atoms with E-state index in [1.54, 1.807) is 6.20 Å². The number of pyridine rings is 2. The molecule has 0 saturated carbocycles. The maximum Gasteiger partial charge on any atom is 0.176 e. The van der Waals surface area contributed by atoms with Crippen molar-refractivity contribution in [1.82, 2.24) is 9.97 Å². The molecule has 0 atom stereocenters. The van der Waals surface area contributed by atoms with E-state index in [1.165, 1.54) is 0 Å². The number of nitrogens with zero attached hydrogens (tertiary/aromatic N) is 3. The van der Waals surface area contributed by atoms with E-state index in [4.69, 9.17) is 15.7 Å². The molecular weight excluding hydrogens is 416 g/mol. The Balaban J connectivity index is 1.63. The summed E-state index contributed by atoms with van der Waals surface area (Å²) in [6, 6.07) is 29.0. The summed E-state index contributed by atoms with van der Waals surface area (Å²) in [6.07, 6.45) is 8.70. The van der Waals surface area contributed by atoms with Crippen molar-refractivity contribution in [3.63, 3.8) is 0 Å². The van der Waals surface area contributed by atoms with Crippen molar-refractivity contribution >= 4 is 23.2 Å². The van der Waals surface area contributed by atoms with Gasteiger partial charge in [-0.25, -0.2) is 4.98 Å². The predicted octanol–water partition coefficient (Wildman–Crippen LogP) is 6.37. The Morgan fingerprint density at radius 3 is 2.44 bits per heavy atom. The molecule has 4 nitrogen and oxygen atoms in total. The van der Waals surface area contributed by atoms with Crippen molar-refractivity contribution in [3.05, 3.63) is 114 Å². The first-order valence-corrected chi connectivity index (χ1v) is 11.2. The molecule has 2 N–H and O–H groups in total. The van der Waals surface area contributed by atoms with Crippen LogP contribution in [-0.2, 0) is 6.54 Å². The molecule has 4 heteroatoms. The lowest BCUT2D eigenvalue weighted by Gasteiger charge is -2.14. The second kappa shape index (κ2) is 8.45. The molecule has 1 aliphatic heterocycles. The highest BCUT2D eigenvalue weighted by atomic mass is 14.7. The highest BCUT2D eigenvalue weighted by Crippen LogP contribution is 2.37. The van der Waals surface area contributed by atoms with Crippen LogP contribution < -0.4 is 5.73 Å². The summed E-state index contributed by atoms with van der Waals surface area (Å²) >= 11 is 0. The van der Waals surface area contributed by atoms with Gasteiger partial charge in [-0.05, 0) is 35.4 Å². The van der Waals surface area contributed by atoms with E-state index in [2.05, 4.69) is 71.9 Å². The minimum atomic E-state index is 0.518. The number of benzene rings is 3. The molecule has 0 amide bonds. The average molecular weight is 438 g/mol. The van der Waals surface area contributed by atoms with Gasteiger partial charge in [-0.1, -0.05) is 54.6 Å². The molecule has 3 heterocycles. The van der Waals surface area contributed by atoms with Gasteiger partial charge in [-0.2, -0.15) is 0 Å². The lowest BCUT2D eigenvalue weighted by molar-refractivity contribution is 1.07. The van der Waals surface area contributed by atoms with E-state index < -0.39 is 0 Å². The van der Waals surface area contributed by atoms with Gasteiger partial charge in [0.1, 0.15) is 12.4 Å². The first-order valence-electron chi connectivity index (χ1n) is 11.2. The summed E-state index contributed by atoms with van der Waals surface area (Å²) in [4.78, 5) is 14.1. The summed E-state index contributed by atoms with van der Waals surface area (Å²) in [5, 5.41) is 1.01. The maximum atomic E-state index is 5.82. The smallest absolute Gasteiger partial charge is 0.176 e. The van der Waals surface area contributed by atoms with E-state index in [-0.39, 0.29) is 0 Å². The van der Waals surface area contributed by atoms with E-state index in [0.717, 1.165) is 61.2 Å². The Kier molecular flexibility index (Phi) is 5.00. The van der Waals surface area contributed by atoms with Crippen LogP contribution in [0.25, 0.3) is 50.6 Å². The zero-order valence-corrected chi connectivity index (χ0v) is 18.4. The number of aliphatic imine (C=N–C) groups is 1. The van der Waals surface area contributed by atoms with Gasteiger partial charge in [0.05, 0.1) is 34.1 Å².